The Morgan fingerprint density at radius 2 is 1.56 bits per heavy atom. The third-order valence-corrected chi connectivity index (χ3v) is 6.83. The van der Waals surface area contributed by atoms with Crippen LogP contribution >= 0.6 is 0 Å². The Bertz CT molecular complexity index is 1370. The van der Waals surface area contributed by atoms with Gasteiger partial charge in [0.25, 0.3) is 10.1 Å². The summed E-state index contributed by atoms with van der Waals surface area (Å²) >= 11 is 0. The van der Waals surface area contributed by atoms with Gasteiger partial charge in [-0.2, -0.15) is 16.8 Å². The highest BCUT2D eigenvalue weighted by Gasteiger charge is 2.27. The molecule has 8 nitrogen and oxygen atoms in total. The number of fused-ring (bicyclic) bond motifs is 1. The number of hydrogen-bond donors (Lipinski definition) is 1. The van der Waals surface area contributed by atoms with Crippen LogP contribution in [-0.2, 0) is 27.3 Å². The summed E-state index contributed by atoms with van der Waals surface area (Å²) < 4.78 is 85.8. The van der Waals surface area contributed by atoms with Crippen molar-refractivity contribution in [2.75, 3.05) is 26.4 Å². The van der Waals surface area contributed by atoms with Gasteiger partial charge in [0.15, 0.2) is 4.90 Å². The molecule has 1 aliphatic heterocycles. The zero-order chi connectivity index (χ0) is 25.3. The van der Waals surface area contributed by atoms with Crippen LogP contribution in [0.1, 0.15) is 24.3 Å². The first-order valence-corrected chi connectivity index (χ1v) is 13.6. The Labute approximate surface area is 197 Å². The Balaban J connectivity index is 0.000000588. The van der Waals surface area contributed by atoms with Crippen LogP contribution in [0, 0.1) is 11.6 Å². The van der Waals surface area contributed by atoms with Gasteiger partial charge in [-0.25, -0.2) is 8.78 Å². The van der Waals surface area contributed by atoms with Gasteiger partial charge in [0.2, 0.25) is 0 Å². The maximum absolute atomic E-state index is 13.9. The van der Waals surface area contributed by atoms with E-state index >= 15 is 0 Å². The van der Waals surface area contributed by atoms with Gasteiger partial charge < -0.3 is 13.7 Å². The van der Waals surface area contributed by atoms with Crippen LogP contribution < -0.4 is 4.18 Å². The van der Waals surface area contributed by atoms with Gasteiger partial charge in [-0.1, -0.05) is 6.07 Å². The second-order valence-corrected chi connectivity index (χ2v) is 11.2. The van der Waals surface area contributed by atoms with Crippen LogP contribution in [0.3, 0.4) is 0 Å². The predicted octanol–water partition coefficient (Wildman–Crippen LogP) is 3.54. The van der Waals surface area contributed by atoms with Gasteiger partial charge in [0.1, 0.15) is 17.4 Å². The van der Waals surface area contributed by atoms with Crippen molar-refractivity contribution in [3.8, 4) is 5.75 Å². The van der Waals surface area contributed by atoms with Crippen molar-refractivity contribution in [2.24, 2.45) is 7.05 Å². The van der Waals surface area contributed by atoms with E-state index in [-0.39, 0.29) is 5.75 Å². The van der Waals surface area contributed by atoms with Crippen LogP contribution in [0.4, 0.5) is 8.78 Å². The van der Waals surface area contributed by atoms with E-state index in [1.165, 1.54) is 6.07 Å². The molecule has 0 aliphatic carbocycles. The molecule has 1 saturated heterocycles. The fraction of sp³-hybridized carbons (Fsp3) is 0.364. The van der Waals surface area contributed by atoms with Crippen molar-refractivity contribution in [3.05, 3.63) is 59.8 Å². The van der Waals surface area contributed by atoms with Crippen molar-refractivity contribution in [3.63, 3.8) is 0 Å². The van der Waals surface area contributed by atoms with E-state index in [1.54, 1.807) is 12.1 Å². The van der Waals surface area contributed by atoms with Gasteiger partial charge in [0, 0.05) is 24.1 Å². The molecule has 12 heteroatoms. The number of hydrogen-bond acceptors (Lipinski definition) is 6. The Morgan fingerprint density at radius 3 is 2.12 bits per heavy atom. The molecular weight excluding hydrogens is 490 g/mol. The number of nitrogens with zero attached hydrogens (tertiary/aromatic N) is 2. The largest absolute Gasteiger partial charge is 0.379 e. The summed E-state index contributed by atoms with van der Waals surface area (Å²) in [5.74, 6) is -1.97. The van der Waals surface area contributed by atoms with Crippen molar-refractivity contribution in [1.82, 2.24) is 9.47 Å². The van der Waals surface area contributed by atoms with Crippen LogP contribution in [0.5, 0.6) is 5.75 Å². The summed E-state index contributed by atoms with van der Waals surface area (Å²) in [5.41, 5.74) is 2.08. The first-order valence-electron chi connectivity index (χ1n) is 10.3. The minimum Gasteiger partial charge on any atom is -0.379 e. The molecule has 3 aromatic rings. The minimum atomic E-state index is -4.64. The van der Waals surface area contributed by atoms with E-state index in [4.69, 9.17) is 8.74 Å². The number of benzene rings is 2. The topological polar surface area (TPSA) is 106 Å². The summed E-state index contributed by atoms with van der Waals surface area (Å²) in [6, 6.07) is 7.77. The molecule has 0 spiro atoms. The average molecular weight is 517 g/mol. The van der Waals surface area contributed by atoms with Crippen molar-refractivity contribution in [2.45, 2.75) is 23.7 Å². The molecule has 1 aliphatic rings. The van der Waals surface area contributed by atoms with Crippen molar-refractivity contribution in [1.29, 1.82) is 0 Å². The molecule has 0 atom stereocenters. The highest BCUT2D eigenvalue weighted by molar-refractivity contribution is 7.87. The van der Waals surface area contributed by atoms with Crippen molar-refractivity contribution >= 4 is 31.1 Å². The number of aromatic nitrogens is 1. The monoisotopic (exact) mass is 516 g/mol. The number of halogens is 2. The lowest BCUT2D eigenvalue weighted by atomic mass is 9.89. The molecule has 1 N–H and O–H groups in total. The lowest BCUT2D eigenvalue weighted by molar-refractivity contribution is 0.256. The quantitative estimate of drug-likeness (QED) is 0.418. The minimum absolute atomic E-state index is 0.0283. The molecule has 0 bridgehead atoms. The van der Waals surface area contributed by atoms with E-state index in [9.17, 15) is 25.6 Å². The third kappa shape index (κ3) is 6.32. The molecule has 2 heterocycles. The molecule has 2 aromatic carbocycles. The first kappa shape index (κ1) is 26.1. The average Bonchev–Trinajstić information content (AvgIpc) is 3.02. The summed E-state index contributed by atoms with van der Waals surface area (Å²) in [7, 11) is -4.28. The van der Waals surface area contributed by atoms with E-state index in [2.05, 4.69) is 18.1 Å². The van der Waals surface area contributed by atoms with Gasteiger partial charge in [0.05, 0.1) is 6.26 Å². The number of aryl methyl sites for hydroxylation is 1. The number of piperidine rings is 1. The number of rotatable bonds is 4. The van der Waals surface area contributed by atoms with Crippen molar-refractivity contribution < 1.29 is 34.4 Å². The van der Waals surface area contributed by atoms with E-state index in [0.29, 0.717) is 12.2 Å². The SMILES string of the molecule is CN1CCC(c2cn(C)c3ccc(OS(=O)(=O)c4c(F)cccc4F)cc23)CC1.CS(=O)(=O)O. The fourth-order valence-electron chi connectivity index (χ4n) is 3.99. The lowest BCUT2D eigenvalue weighted by Crippen LogP contribution is -2.29. The van der Waals surface area contributed by atoms with E-state index in [1.807, 2.05) is 11.6 Å². The normalized spacial score (nSPS) is 15.7. The third-order valence-electron chi connectivity index (χ3n) is 5.53. The second kappa shape index (κ2) is 9.98. The standard InChI is InChI=1S/C21H22F2N2O3S.CH4O3S/c1-24-10-8-14(9-11-24)17-13-25(2)20-7-6-15(12-16(17)20)28-29(26,27)21-18(22)4-3-5-19(21)23;1-5(2,3)4/h3-7,12-14H,8-11H2,1-2H3;1H3,(H,2,3,4). The number of likely N-dealkylation sites (tertiary alicyclic amines) is 1. The second-order valence-electron chi connectivity index (χ2n) is 8.27. The molecule has 0 saturated carbocycles. The van der Waals surface area contributed by atoms with E-state index < -0.39 is 36.8 Å². The predicted molar refractivity (Wildman–Crippen MR) is 124 cm³/mol. The van der Waals surface area contributed by atoms with Crippen LogP contribution in [0.15, 0.2) is 47.5 Å². The molecule has 0 unspecified atom stereocenters. The zero-order valence-corrected chi connectivity index (χ0v) is 20.5. The van der Waals surface area contributed by atoms with Gasteiger partial charge >= 0.3 is 10.1 Å². The maximum Gasteiger partial charge on any atom is 0.345 e. The van der Waals surface area contributed by atoms with Crippen LogP contribution in [-0.4, -0.2) is 57.2 Å². The van der Waals surface area contributed by atoms with Gasteiger partial charge in [-0.05, 0) is 74.8 Å². The summed E-state index contributed by atoms with van der Waals surface area (Å²) in [4.78, 5) is 1.20. The van der Waals surface area contributed by atoms with Gasteiger partial charge in [-0.3, -0.25) is 4.55 Å². The Hall–Kier alpha value is -2.54. The molecule has 0 radical (unpaired) electrons. The molecule has 4 rings (SSSR count). The molecule has 34 heavy (non-hydrogen) atoms. The molecular formula is C22H26F2N2O6S2. The summed E-state index contributed by atoms with van der Waals surface area (Å²) in [5, 5.41) is 0.892. The fourth-order valence-corrected chi connectivity index (χ4v) is 5.04. The Morgan fingerprint density at radius 1 is 1.00 bits per heavy atom. The highest BCUT2D eigenvalue weighted by Crippen LogP contribution is 2.36. The summed E-state index contributed by atoms with van der Waals surface area (Å²) in [6.07, 6.45) is 4.81. The highest BCUT2D eigenvalue weighted by atomic mass is 32.2. The molecule has 1 fully saturated rings. The van der Waals surface area contributed by atoms with Gasteiger partial charge in [-0.15, -0.1) is 0 Å². The first-order chi connectivity index (χ1) is 15.8. The van der Waals surface area contributed by atoms with Crippen LogP contribution in [0.25, 0.3) is 10.9 Å². The summed E-state index contributed by atoms with van der Waals surface area (Å²) in [6.45, 7) is 2.00. The smallest absolute Gasteiger partial charge is 0.345 e. The molecule has 186 valence electrons. The Kier molecular flexibility index (Phi) is 7.65. The lowest BCUT2D eigenvalue weighted by Gasteiger charge is -2.28. The van der Waals surface area contributed by atoms with Crippen LogP contribution in [0.2, 0.25) is 0 Å². The zero-order valence-electron chi connectivity index (χ0n) is 18.9. The molecule has 1 aromatic heterocycles. The molecule has 0 amide bonds. The van der Waals surface area contributed by atoms with E-state index in [0.717, 1.165) is 60.6 Å². The maximum atomic E-state index is 13.9.